The molecule has 238 valence electrons. The number of benzene rings is 3. The zero-order valence-electron chi connectivity index (χ0n) is 25.3. The fourth-order valence-corrected chi connectivity index (χ4v) is 5.76. The highest BCUT2D eigenvalue weighted by molar-refractivity contribution is 7.92. The van der Waals surface area contributed by atoms with Crippen LogP contribution in [0, 0.1) is 5.92 Å². The standard InChI is InChI=1S/C31H35N5O5S.CH2O2/c1-36-16-14-22(15-17-36)20-41-29-13-4-23(18-30(29)40-3)28-19-31(33-21-32-28)34-24-5-7-25(8-6-24)35-42(37,38)27-11-9-26(39-2)10-12-27;2-1-3/h4-13,18-19,21-22,35H,14-17,20H2,1-3H3,(H,32,33,34);1H,(H,2,3). The molecule has 5 rings (SSSR count). The third-order valence-electron chi connectivity index (χ3n) is 7.22. The number of methoxy groups -OCH3 is 2. The number of nitrogens with zero attached hydrogens (tertiary/aromatic N) is 3. The van der Waals surface area contributed by atoms with Gasteiger partial charge in [0, 0.05) is 23.0 Å². The van der Waals surface area contributed by atoms with Crippen LogP contribution in [0.2, 0.25) is 0 Å². The number of carbonyl (C=O) groups is 1. The predicted octanol–water partition coefficient (Wildman–Crippen LogP) is 5.13. The maximum absolute atomic E-state index is 12.7. The van der Waals surface area contributed by atoms with Gasteiger partial charge < -0.3 is 29.5 Å². The van der Waals surface area contributed by atoms with Crippen molar-refractivity contribution < 1.29 is 32.5 Å². The first-order valence-corrected chi connectivity index (χ1v) is 15.7. The zero-order valence-corrected chi connectivity index (χ0v) is 26.2. The number of hydrogen-bond donors (Lipinski definition) is 3. The molecule has 1 aromatic heterocycles. The first kappa shape index (κ1) is 33.0. The molecule has 0 spiro atoms. The van der Waals surface area contributed by atoms with Crippen LogP contribution in [0.5, 0.6) is 17.2 Å². The summed E-state index contributed by atoms with van der Waals surface area (Å²) in [5.41, 5.74) is 2.76. The van der Waals surface area contributed by atoms with Crippen LogP contribution in [0.4, 0.5) is 17.2 Å². The van der Waals surface area contributed by atoms with Crippen LogP contribution in [0.1, 0.15) is 12.8 Å². The molecule has 3 aromatic carbocycles. The number of rotatable bonds is 11. The van der Waals surface area contributed by atoms with E-state index in [1.807, 2.05) is 24.3 Å². The highest BCUT2D eigenvalue weighted by Gasteiger charge is 2.18. The van der Waals surface area contributed by atoms with Crippen molar-refractivity contribution in [2.45, 2.75) is 17.7 Å². The Morgan fingerprint density at radius 2 is 1.58 bits per heavy atom. The fourth-order valence-electron chi connectivity index (χ4n) is 4.70. The van der Waals surface area contributed by atoms with Crippen LogP contribution >= 0.6 is 0 Å². The maximum atomic E-state index is 12.7. The largest absolute Gasteiger partial charge is 0.497 e. The van der Waals surface area contributed by atoms with Gasteiger partial charge in [-0.15, -0.1) is 0 Å². The number of hydrogen-bond acceptors (Lipinski definition) is 10. The first-order chi connectivity index (χ1) is 21.7. The Morgan fingerprint density at radius 1 is 0.911 bits per heavy atom. The molecular weight excluding hydrogens is 598 g/mol. The molecule has 2 heterocycles. The van der Waals surface area contributed by atoms with Gasteiger partial charge in [-0.2, -0.15) is 0 Å². The van der Waals surface area contributed by atoms with Gasteiger partial charge in [-0.05, 0) is 106 Å². The number of anilines is 3. The Hall–Kier alpha value is -4.88. The van der Waals surface area contributed by atoms with Gasteiger partial charge in [-0.1, -0.05) is 0 Å². The van der Waals surface area contributed by atoms with Gasteiger partial charge in [0.1, 0.15) is 17.9 Å². The third kappa shape index (κ3) is 9.30. The fraction of sp³-hybridized carbons (Fsp3) is 0.281. The quantitative estimate of drug-likeness (QED) is 0.188. The summed E-state index contributed by atoms with van der Waals surface area (Å²) < 4.78 is 44.9. The van der Waals surface area contributed by atoms with Gasteiger partial charge in [0.2, 0.25) is 0 Å². The number of sulfonamides is 1. The van der Waals surface area contributed by atoms with E-state index in [2.05, 4.69) is 32.0 Å². The Kier molecular flexibility index (Phi) is 11.5. The van der Waals surface area contributed by atoms with Crippen molar-refractivity contribution in [1.29, 1.82) is 0 Å². The Labute approximate surface area is 263 Å². The second kappa shape index (κ2) is 15.7. The van der Waals surface area contributed by atoms with Gasteiger partial charge in [0.15, 0.2) is 11.5 Å². The summed E-state index contributed by atoms with van der Waals surface area (Å²) in [6, 6.07) is 20.7. The van der Waals surface area contributed by atoms with E-state index in [9.17, 15) is 8.42 Å². The summed E-state index contributed by atoms with van der Waals surface area (Å²) in [5.74, 6) is 3.09. The Balaban J connectivity index is 0.00000148. The molecule has 0 bridgehead atoms. The summed E-state index contributed by atoms with van der Waals surface area (Å²) >= 11 is 0. The summed E-state index contributed by atoms with van der Waals surface area (Å²) in [6.45, 7) is 2.62. The minimum atomic E-state index is -3.73. The van der Waals surface area contributed by atoms with Crippen molar-refractivity contribution in [2.24, 2.45) is 5.92 Å². The molecule has 1 aliphatic heterocycles. The molecular formula is C32H37N5O7S. The normalized spacial score (nSPS) is 13.6. The van der Waals surface area contributed by atoms with Gasteiger partial charge in [0.05, 0.1) is 31.4 Å². The number of aromatic nitrogens is 2. The molecule has 0 radical (unpaired) electrons. The molecule has 3 N–H and O–H groups in total. The van der Waals surface area contributed by atoms with Crippen molar-refractivity contribution in [2.75, 3.05) is 51.0 Å². The maximum Gasteiger partial charge on any atom is 0.290 e. The molecule has 0 saturated carbocycles. The molecule has 0 unspecified atom stereocenters. The summed E-state index contributed by atoms with van der Waals surface area (Å²) in [5, 5.41) is 10.1. The second-order valence-corrected chi connectivity index (χ2v) is 12.0. The number of nitrogens with one attached hydrogen (secondary N) is 2. The van der Waals surface area contributed by atoms with Crippen LogP contribution in [0.25, 0.3) is 11.3 Å². The second-order valence-electron chi connectivity index (χ2n) is 10.3. The number of carboxylic acid groups (broad SMARTS) is 1. The van der Waals surface area contributed by atoms with Crippen molar-refractivity contribution in [3.8, 4) is 28.5 Å². The van der Waals surface area contributed by atoms with Gasteiger partial charge in [-0.3, -0.25) is 9.52 Å². The first-order valence-electron chi connectivity index (χ1n) is 14.2. The van der Waals surface area contributed by atoms with Crippen LogP contribution in [0.3, 0.4) is 0 Å². The van der Waals surface area contributed by atoms with E-state index in [0.717, 1.165) is 48.6 Å². The van der Waals surface area contributed by atoms with Crippen LogP contribution in [-0.2, 0) is 14.8 Å². The minimum Gasteiger partial charge on any atom is -0.497 e. The van der Waals surface area contributed by atoms with E-state index in [0.29, 0.717) is 35.5 Å². The SMILES string of the molecule is COc1ccc(S(=O)(=O)Nc2ccc(Nc3cc(-c4ccc(OCC5CCN(C)CC5)c(OC)c4)ncn3)cc2)cc1.O=CO. The molecule has 13 heteroatoms. The van der Waals surface area contributed by atoms with Crippen LogP contribution in [0.15, 0.2) is 84.0 Å². The van der Waals surface area contributed by atoms with E-state index in [1.165, 1.54) is 25.6 Å². The van der Waals surface area contributed by atoms with Crippen molar-refractivity contribution in [3.05, 3.63) is 79.1 Å². The Morgan fingerprint density at radius 3 is 2.22 bits per heavy atom. The Bertz CT molecular complexity index is 1640. The minimum absolute atomic E-state index is 0.146. The molecule has 0 atom stereocenters. The van der Waals surface area contributed by atoms with Crippen molar-refractivity contribution in [3.63, 3.8) is 0 Å². The average Bonchev–Trinajstić information content (AvgIpc) is 3.06. The number of piperidine rings is 1. The number of likely N-dealkylation sites (tertiary alicyclic amines) is 1. The van der Waals surface area contributed by atoms with E-state index in [4.69, 9.17) is 24.1 Å². The summed E-state index contributed by atoms with van der Waals surface area (Å²) in [7, 11) is 1.58. The van der Waals surface area contributed by atoms with Gasteiger partial charge in [-0.25, -0.2) is 18.4 Å². The lowest BCUT2D eigenvalue weighted by molar-refractivity contribution is -0.122. The highest BCUT2D eigenvalue weighted by atomic mass is 32.2. The van der Waals surface area contributed by atoms with Crippen LogP contribution < -0.4 is 24.2 Å². The van der Waals surface area contributed by atoms with Crippen molar-refractivity contribution in [1.82, 2.24) is 14.9 Å². The molecule has 1 aliphatic rings. The number of ether oxygens (including phenoxy) is 3. The molecule has 4 aromatic rings. The predicted molar refractivity (Wildman–Crippen MR) is 172 cm³/mol. The lowest BCUT2D eigenvalue weighted by atomic mass is 9.98. The van der Waals surface area contributed by atoms with E-state index in [-0.39, 0.29) is 11.4 Å². The lowest BCUT2D eigenvalue weighted by Crippen LogP contribution is -2.32. The smallest absolute Gasteiger partial charge is 0.290 e. The lowest BCUT2D eigenvalue weighted by Gasteiger charge is -2.28. The van der Waals surface area contributed by atoms with Gasteiger partial charge in [0.25, 0.3) is 16.5 Å². The average molecular weight is 636 g/mol. The van der Waals surface area contributed by atoms with Crippen molar-refractivity contribution >= 4 is 33.7 Å². The zero-order chi connectivity index (χ0) is 32.2. The monoisotopic (exact) mass is 635 g/mol. The molecule has 0 amide bonds. The third-order valence-corrected chi connectivity index (χ3v) is 8.62. The topological polar surface area (TPSA) is 152 Å². The van der Waals surface area contributed by atoms with Gasteiger partial charge >= 0.3 is 0 Å². The molecule has 12 nitrogen and oxygen atoms in total. The molecule has 1 saturated heterocycles. The van der Waals surface area contributed by atoms with E-state index >= 15 is 0 Å². The highest BCUT2D eigenvalue weighted by Crippen LogP contribution is 2.33. The summed E-state index contributed by atoms with van der Waals surface area (Å²) in [6.07, 6.45) is 3.76. The molecule has 45 heavy (non-hydrogen) atoms. The van der Waals surface area contributed by atoms with Crippen LogP contribution in [-0.4, -0.2) is 75.8 Å². The van der Waals surface area contributed by atoms with E-state index in [1.54, 1.807) is 43.5 Å². The molecule has 0 aliphatic carbocycles. The molecule has 1 fully saturated rings. The van der Waals surface area contributed by atoms with E-state index < -0.39 is 10.0 Å². The summed E-state index contributed by atoms with van der Waals surface area (Å²) in [4.78, 5) is 19.6.